The van der Waals surface area contributed by atoms with Crippen LogP contribution in [0.3, 0.4) is 0 Å². The normalized spacial score (nSPS) is 31.2. The standard InChI is InChI=1S/C15H22ClFN2/c1-10-5-6-15(9-18,8-11(10)2)19-14-7-12(17)3-4-13(14)16/h3-4,7,10-11,19H,5-6,8-9,18H2,1-2H3. The van der Waals surface area contributed by atoms with Crippen molar-refractivity contribution >= 4 is 17.3 Å². The van der Waals surface area contributed by atoms with E-state index in [2.05, 4.69) is 19.2 Å². The van der Waals surface area contributed by atoms with Crippen LogP contribution in [-0.2, 0) is 0 Å². The van der Waals surface area contributed by atoms with Crippen molar-refractivity contribution < 1.29 is 4.39 Å². The van der Waals surface area contributed by atoms with Crippen LogP contribution in [-0.4, -0.2) is 12.1 Å². The van der Waals surface area contributed by atoms with E-state index in [1.54, 1.807) is 6.07 Å². The lowest BCUT2D eigenvalue weighted by atomic mass is 9.71. The first-order chi connectivity index (χ1) is 8.96. The molecule has 0 aromatic heterocycles. The molecule has 0 heterocycles. The molecular weight excluding hydrogens is 263 g/mol. The third-order valence-electron chi connectivity index (χ3n) is 4.48. The van der Waals surface area contributed by atoms with Gasteiger partial charge in [0.2, 0.25) is 0 Å². The molecule has 0 aliphatic heterocycles. The van der Waals surface area contributed by atoms with E-state index in [9.17, 15) is 4.39 Å². The summed E-state index contributed by atoms with van der Waals surface area (Å²) in [4.78, 5) is 0. The molecule has 4 heteroatoms. The fourth-order valence-electron chi connectivity index (χ4n) is 2.94. The van der Waals surface area contributed by atoms with Gasteiger partial charge in [-0.15, -0.1) is 0 Å². The van der Waals surface area contributed by atoms with Crippen LogP contribution in [0.1, 0.15) is 33.1 Å². The summed E-state index contributed by atoms with van der Waals surface area (Å²) in [7, 11) is 0. The van der Waals surface area contributed by atoms with Gasteiger partial charge in [-0.1, -0.05) is 25.4 Å². The van der Waals surface area contributed by atoms with Crippen molar-refractivity contribution in [3.63, 3.8) is 0 Å². The highest BCUT2D eigenvalue weighted by Gasteiger charge is 2.37. The summed E-state index contributed by atoms with van der Waals surface area (Å²) >= 11 is 6.13. The predicted molar refractivity (Wildman–Crippen MR) is 79.0 cm³/mol. The minimum Gasteiger partial charge on any atom is -0.377 e. The molecule has 0 radical (unpaired) electrons. The first kappa shape index (κ1) is 14.6. The molecule has 3 unspecified atom stereocenters. The fraction of sp³-hybridized carbons (Fsp3) is 0.600. The molecule has 19 heavy (non-hydrogen) atoms. The molecule has 1 aromatic carbocycles. The first-order valence-corrected chi connectivity index (χ1v) is 7.27. The zero-order valence-corrected chi connectivity index (χ0v) is 12.3. The third kappa shape index (κ3) is 3.21. The topological polar surface area (TPSA) is 38.0 Å². The first-order valence-electron chi connectivity index (χ1n) is 6.89. The van der Waals surface area contributed by atoms with Crippen LogP contribution >= 0.6 is 11.6 Å². The minimum atomic E-state index is -0.281. The maximum Gasteiger partial charge on any atom is 0.125 e. The van der Waals surface area contributed by atoms with Gasteiger partial charge in [-0.2, -0.15) is 0 Å². The highest BCUT2D eigenvalue weighted by Crippen LogP contribution is 2.39. The molecule has 1 aromatic rings. The van der Waals surface area contributed by atoms with Crippen molar-refractivity contribution in [3.05, 3.63) is 29.0 Å². The average molecular weight is 285 g/mol. The zero-order chi connectivity index (χ0) is 14.0. The van der Waals surface area contributed by atoms with Crippen LogP contribution in [0, 0.1) is 17.7 Å². The van der Waals surface area contributed by atoms with Gasteiger partial charge in [0.05, 0.1) is 10.7 Å². The number of nitrogens with one attached hydrogen (secondary N) is 1. The van der Waals surface area contributed by atoms with E-state index in [-0.39, 0.29) is 11.4 Å². The van der Waals surface area contributed by atoms with Crippen LogP contribution < -0.4 is 11.1 Å². The Kier molecular flexibility index (Phi) is 4.36. The number of hydrogen-bond acceptors (Lipinski definition) is 2. The van der Waals surface area contributed by atoms with Crippen molar-refractivity contribution in [2.75, 3.05) is 11.9 Å². The number of hydrogen-bond donors (Lipinski definition) is 2. The molecule has 3 atom stereocenters. The van der Waals surface area contributed by atoms with Crippen molar-refractivity contribution in [1.82, 2.24) is 0 Å². The van der Waals surface area contributed by atoms with Gasteiger partial charge in [-0.3, -0.25) is 0 Å². The molecule has 0 amide bonds. The Morgan fingerprint density at radius 2 is 2.16 bits per heavy atom. The molecule has 0 saturated heterocycles. The number of benzene rings is 1. The maximum absolute atomic E-state index is 13.3. The van der Waals surface area contributed by atoms with E-state index in [0.717, 1.165) is 19.3 Å². The third-order valence-corrected chi connectivity index (χ3v) is 4.81. The smallest absolute Gasteiger partial charge is 0.125 e. The van der Waals surface area contributed by atoms with E-state index >= 15 is 0 Å². The Morgan fingerprint density at radius 3 is 2.79 bits per heavy atom. The Morgan fingerprint density at radius 1 is 1.42 bits per heavy atom. The zero-order valence-electron chi connectivity index (χ0n) is 11.5. The molecule has 0 spiro atoms. The molecule has 3 N–H and O–H groups in total. The van der Waals surface area contributed by atoms with Crippen LogP contribution in [0.4, 0.5) is 10.1 Å². The second-order valence-electron chi connectivity index (χ2n) is 5.93. The van der Waals surface area contributed by atoms with Crippen molar-refractivity contribution in [2.24, 2.45) is 17.6 Å². The van der Waals surface area contributed by atoms with Crippen molar-refractivity contribution in [1.29, 1.82) is 0 Å². The van der Waals surface area contributed by atoms with E-state index in [1.165, 1.54) is 12.1 Å². The summed E-state index contributed by atoms with van der Waals surface area (Å²) in [6.07, 6.45) is 3.14. The van der Waals surface area contributed by atoms with Crippen LogP contribution in [0.15, 0.2) is 18.2 Å². The van der Waals surface area contributed by atoms with Gasteiger partial charge >= 0.3 is 0 Å². The summed E-state index contributed by atoms with van der Waals surface area (Å²) in [6, 6.07) is 4.40. The lowest BCUT2D eigenvalue weighted by molar-refractivity contribution is 0.196. The van der Waals surface area contributed by atoms with Gasteiger partial charge < -0.3 is 11.1 Å². The van der Waals surface area contributed by atoms with E-state index in [4.69, 9.17) is 17.3 Å². The second-order valence-corrected chi connectivity index (χ2v) is 6.34. The van der Waals surface area contributed by atoms with E-state index in [1.807, 2.05) is 0 Å². The van der Waals surface area contributed by atoms with Crippen molar-refractivity contribution in [3.8, 4) is 0 Å². The SMILES string of the molecule is CC1CCC(CN)(Nc2cc(F)ccc2Cl)CC1C. The molecule has 1 saturated carbocycles. The lowest BCUT2D eigenvalue weighted by Gasteiger charge is -2.43. The predicted octanol–water partition coefficient (Wildman–Crippen LogP) is 4.04. The summed E-state index contributed by atoms with van der Waals surface area (Å²) < 4.78 is 13.3. The van der Waals surface area contributed by atoms with E-state index in [0.29, 0.717) is 29.1 Å². The second kappa shape index (κ2) is 5.68. The van der Waals surface area contributed by atoms with Gasteiger partial charge in [0.15, 0.2) is 0 Å². The highest BCUT2D eigenvalue weighted by atomic mass is 35.5. The summed E-state index contributed by atoms with van der Waals surface area (Å²) in [5.41, 5.74) is 6.47. The number of nitrogens with two attached hydrogens (primary N) is 1. The van der Waals surface area contributed by atoms with Crippen LogP contribution in [0.2, 0.25) is 5.02 Å². The van der Waals surface area contributed by atoms with Crippen molar-refractivity contribution in [2.45, 2.75) is 38.6 Å². The highest BCUT2D eigenvalue weighted by molar-refractivity contribution is 6.33. The molecule has 2 nitrogen and oxygen atoms in total. The largest absolute Gasteiger partial charge is 0.377 e. The van der Waals surface area contributed by atoms with Gasteiger partial charge in [0.1, 0.15) is 5.82 Å². The summed E-state index contributed by atoms with van der Waals surface area (Å²) in [5, 5.41) is 3.95. The molecule has 1 fully saturated rings. The molecule has 1 aliphatic carbocycles. The number of halogens is 2. The quantitative estimate of drug-likeness (QED) is 0.879. The Labute approximate surface area is 119 Å². The van der Waals surface area contributed by atoms with Crippen LogP contribution in [0.5, 0.6) is 0 Å². The van der Waals surface area contributed by atoms with Gasteiger partial charge in [0.25, 0.3) is 0 Å². The van der Waals surface area contributed by atoms with E-state index < -0.39 is 0 Å². The van der Waals surface area contributed by atoms with Crippen LogP contribution in [0.25, 0.3) is 0 Å². The molecule has 2 rings (SSSR count). The average Bonchev–Trinajstić information content (AvgIpc) is 2.38. The molecule has 106 valence electrons. The Hall–Kier alpha value is -0.800. The fourth-order valence-corrected chi connectivity index (χ4v) is 3.10. The molecule has 1 aliphatic rings. The van der Waals surface area contributed by atoms with Gasteiger partial charge in [-0.05, 0) is 49.3 Å². The lowest BCUT2D eigenvalue weighted by Crippen LogP contribution is -2.50. The monoisotopic (exact) mass is 284 g/mol. The maximum atomic E-state index is 13.3. The van der Waals surface area contributed by atoms with Gasteiger partial charge in [-0.25, -0.2) is 4.39 Å². The molecular formula is C15H22ClFN2. The van der Waals surface area contributed by atoms with Gasteiger partial charge in [0, 0.05) is 12.1 Å². The Balaban J connectivity index is 2.21. The number of rotatable bonds is 3. The summed E-state index contributed by atoms with van der Waals surface area (Å²) in [6.45, 7) is 5.07. The minimum absolute atomic E-state index is 0.163. The molecule has 0 bridgehead atoms. The Bertz CT molecular complexity index is 452. The number of anilines is 1. The summed E-state index contributed by atoms with van der Waals surface area (Å²) in [5.74, 6) is 1.04.